The molecule has 5 aromatic rings. The number of nitrogens with zero attached hydrogens (tertiary/aromatic N) is 2. The highest BCUT2D eigenvalue weighted by Gasteiger charge is 2.23. The number of hydrogen-bond donors (Lipinski definition) is 1. The first-order valence-corrected chi connectivity index (χ1v) is 14.2. The minimum absolute atomic E-state index is 0.0989. The van der Waals surface area contributed by atoms with Gasteiger partial charge in [-0.25, -0.2) is 4.98 Å². The van der Waals surface area contributed by atoms with Crippen molar-refractivity contribution >= 4 is 67.8 Å². The summed E-state index contributed by atoms with van der Waals surface area (Å²) in [6, 6.07) is 23.7. The van der Waals surface area contributed by atoms with Gasteiger partial charge in [0.25, 0.3) is 0 Å². The van der Waals surface area contributed by atoms with Crippen LogP contribution in [0.5, 0.6) is 0 Å². The number of para-hydroxylation sites is 1. The predicted molar refractivity (Wildman–Crippen MR) is 154 cm³/mol. The van der Waals surface area contributed by atoms with E-state index in [0.717, 1.165) is 50.6 Å². The van der Waals surface area contributed by atoms with Gasteiger partial charge in [0, 0.05) is 22.8 Å². The Kier molecular flexibility index (Phi) is 6.64. The van der Waals surface area contributed by atoms with E-state index in [1.807, 2.05) is 59.2 Å². The highest BCUT2D eigenvalue weighted by Crippen LogP contribution is 2.34. The Labute approximate surface area is 223 Å². The van der Waals surface area contributed by atoms with Gasteiger partial charge >= 0.3 is 0 Å². The van der Waals surface area contributed by atoms with Crippen LogP contribution in [-0.4, -0.2) is 27.1 Å². The van der Waals surface area contributed by atoms with Crippen LogP contribution in [-0.2, 0) is 17.6 Å². The second-order valence-corrected chi connectivity index (χ2v) is 11.3. The maximum Gasteiger partial charge on any atom is 0.248 e. The molecular weight excluding hydrogens is 498 g/mol. The molecule has 37 heavy (non-hydrogen) atoms. The van der Waals surface area contributed by atoms with Crippen molar-refractivity contribution in [1.82, 2.24) is 9.55 Å². The van der Waals surface area contributed by atoms with E-state index in [-0.39, 0.29) is 11.8 Å². The van der Waals surface area contributed by atoms with Crippen molar-refractivity contribution in [2.24, 2.45) is 0 Å². The summed E-state index contributed by atoms with van der Waals surface area (Å²) in [5.41, 5.74) is 6.10. The number of thiazole rings is 1. The zero-order chi connectivity index (χ0) is 25.2. The normalized spacial score (nSPS) is 13.3. The maximum absolute atomic E-state index is 13.4. The minimum atomic E-state index is -0.185. The van der Waals surface area contributed by atoms with E-state index in [2.05, 4.69) is 23.5 Å². The molecule has 0 unspecified atom stereocenters. The molecule has 0 radical (unpaired) electrons. The van der Waals surface area contributed by atoms with Crippen LogP contribution in [0.3, 0.4) is 0 Å². The van der Waals surface area contributed by atoms with E-state index in [9.17, 15) is 9.59 Å². The summed E-state index contributed by atoms with van der Waals surface area (Å²) in [6.45, 7) is 0. The molecule has 1 amide bonds. The first-order valence-electron chi connectivity index (χ1n) is 12.4. The lowest BCUT2D eigenvalue weighted by atomic mass is 9.96. The SMILES string of the molecule is O=C(/C=C/c1ccccc1)Nc1ccc2nc(SCC(=O)n3c4c(c5ccccc53)CCCC4)sc2c1. The van der Waals surface area contributed by atoms with Gasteiger partial charge in [-0.2, -0.15) is 0 Å². The van der Waals surface area contributed by atoms with Crippen molar-refractivity contribution in [3.63, 3.8) is 0 Å². The van der Waals surface area contributed by atoms with E-state index in [4.69, 9.17) is 4.98 Å². The molecule has 0 fully saturated rings. The van der Waals surface area contributed by atoms with E-state index in [1.165, 1.54) is 40.9 Å². The fourth-order valence-corrected chi connectivity index (χ4v) is 6.89. The van der Waals surface area contributed by atoms with Crippen molar-refractivity contribution in [3.05, 3.63) is 95.7 Å². The number of carbonyl (C=O) groups is 2. The largest absolute Gasteiger partial charge is 0.322 e. The number of amides is 1. The van der Waals surface area contributed by atoms with Gasteiger partial charge in [0.1, 0.15) is 0 Å². The maximum atomic E-state index is 13.4. The molecule has 0 saturated heterocycles. The Bertz CT molecular complexity index is 1650. The minimum Gasteiger partial charge on any atom is -0.322 e. The summed E-state index contributed by atoms with van der Waals surface area (Å²) in [5.74, 6) is 0.246. The van der Waals surface area contributed by atoms with E-state index in [0.29, 0.717) is 5.75 Å². The standard InChI is InChI=1S/C30H25N3O2S2/c34-28(17-14-20-8-2-1-3-9-20)31-21-15-16-24-27(18-21)37-30(32-24)36-19-29(35)33-25-12-6-4-10-22(25)23-11-5-7-13-26(23)33/h1-4,6,8-10,12,14-18H,5,7,11,13,19H2,(H,31,34)/b17-14+. The third-order valence-corrected chi connectivity index (χ3v) is 8.76. The molecule has 2 heterocycles. The molecule has 1 N–H and O–H groups in total. The Balaban J connectivity index is 1.15. The Hall–Kier alpha value is -3.68. The average molecular weight is 524 g/mol. The van der Waals surface area contributed by atoms with Gasteiger partial charge < -0.3 is 5.32 Å². The quantitative estimate of drug-likeness (QED) is 0.189. The molecule has 3 aromatic carbocycles. The summed E-state index contributed by atoms with van der Waals surface area (Å²) < 4.78 is 3.77. The molecule has 184 valence electrons. The molecule has 0 spiro atoms. The Morgan fingerprint density at radius 2 is 1.81 bits per heavy atom. The molecule has 6 rings (SSSR count). The monoisotopic (exact) mass is 523 g/mol. The highest BCUT2D eigenvalue weighted by molar-refractivity contribution is 8.01. The number of benzene rings is 3. The summed E-state index contributed by atoms with van der Waals surface area (Å²) >= 11 is 3.02. The van der Waals surface area contributed by atoms with Crippen molar-refractivity contribution in [2.75, 3.05) is 11.1 Å². The van der Waals surface area contributed by atoms with Gasteiger partial charge in [-0.15, -0.1) is 11.3 Å². The molecule has 1 aliphatic rings. The fourth-order valence-electron chi connectivity index (χ4n) is 4.93. The molecule has 0 bridgehead atoms. The molecule has 7 heteroatoms. The van der Waals surface area contributed by atoms with Crippen LogP contribution in [0.25, 0.3) is 27.2 Å². The number of fused-ring (bicyclic) bond motifs is 4. The second kappa shape index (κ2) is 10.4. The van der Waals surface area contributed by atoms with Crippen molar-refractivity contribution < 1.29 is 9.59 Å². The number of nitrogens with one attached hydrogen (secondary N) is 1. The summed E-state index contributed by atoms with van der Waals surface area (Å²) in [4.78, 5) is 30.4. The van der Waals surface area contributed by atoms with Crippen LogP contribution >= 0.6 is 23.1 Å². The van der Waals surface area contributed by atoms with Gasteiger partial charge in [-0.05, 0) is 67.2 Å². The average Bonchev–Trinajstić information content (AvgIpc) is 3.49. The number of anilines is 1. The summed E-state index contributed by atoms with van der Waals surface area (Å²) in [7, 11) is 0. The van der Waals surface area contributed by atoms with Gasteiger partial charge in [0.15, 0.2) is 4.34 Å². The summed E-state index contributed by atoms with van der Waals surface area (Å²) in [5, 5.41) is 4.13. The molecular formula is C30H25N3O2S2. The molecule has 0 saturated carbocycles. The van der Waals surface area contributed by atoms with Crippen LogP contribution in [0.4, 0.5) is 5.69 Å². The third kappa shape index (κ3) is 4.97. The van der Waals surface area contributed by atoms with Gasteiger partial charge in [-0.1, -0.05) is 60.3 Å². The zero-order valence-corrected chi connectivity index (χ0v) is 21.8. The first kappa shape index (κ1) is 23.7. The first-order chi connectivity index (χ1) is 18.2. The topological polar surface area (TPSA) is 64.0 Å². The molecule has 5 nitrogen and oxygen atoms in total. The van der Waals surface area contributed by atoms with Crippen LogP contribution in [0.15, 0.2) is 83.2 Å². The highest BCUT2D eigenvalue weighted by atomic mass is 32.2. The third-order valence-electron chi connectivity index (χ3n) is 6.61. The van der Waals surface area contributed by atoms with Crippen LogP contribution in [0.2, 0.25) is 0 Å². The Morgan fingerprint density at radius 1 is 1.00 bits per heavy atom. The number of hydrogen-bond acceptors (Lipinski definition) is 5. The summed E-state index contributed by atoms with van der Waals surface area (Å²) in [6.07, 6.45) is 7.63. The molecule has 0 aliphatic heterocycles. The fraction of sp³-hybridized carbons (Fsp3) is 0.167. The number of rotatable bonds is 6. The number of thioether (sulfide) groups is 1. The van der Waals surface area contributed by atoms with Crippen molar-refractivity contribution in [1.29, 1.82) is 0 Å². The number of carbonyl (C=O) groups excluding carboxylic acids is 2. The van der Waals surface area contributed by atoms with E-state index >= 15 is 0 Å². The molecule has 1 aliphatic carbocycles. The number of aryl methyl sites for hydroxylation is 1. The van der Waals surface area contributed by atoms with E-state index in [1.54, 1.807) is 17.4 Å². The second-order valence-electron chi connectivity index (χ2n) is 9.06. The van der Waals surface area contributed by atoms with Crippen molar-refractivity contribution in [3.8, 4) is 0 Å². The van der Waals surface area contributed by atoms with Gasteiger partial charge in [0.05, 0.1) is 21.5 Å². The smallest absolute Gasteiger partial charge is 0.248 e. The van der Waals surface area contributed by atoms with Gasteiger partial charge in [0.2, 0.25) is 11.8 Å². The number of aromatic nitrogens is 2. The van der Waals surface area contributed by atoms with Crippen LogP contribution < -0.4 is 5.32 Å². The lowest BCUT2D eigenvalue weighted by molar-refractivity contribution is -0.111. The van der Waals surface area contributed by atoms with Crippen molar-refractivity contribution in [2.45, 2.75) is 30.0 Å². The Morgan fingerprint density at radius 3 is 2.70 bits per heavy atom. The zero-order valence-electron chi connectivity index (χ0n) is 20.1. The molecule has 0 atom stereocenters. The lowest BCUT2D eigenvalue weighted by Gasteiger charge is -2.14. The molecule has 2 aromatic heterocycles. The van der Waals surface area contributed by atoms with E-state index < -0.39 is 0 Å². The van der Waals surface area contributed by atoms with Crippen LogP contribution in [0.1, 0.15) is 34.5 Å². The predicted octanol–water partition coefficient (Wildman–Crippen LogP) is 7.21. The van der Waals surface area contributed by atoms with Gasteiger partial charge in [-0.3, -0.25) is 14.2 Å². The lowest BCUT2D eigenvalue weighted by Crippen LogP contribution is -2.18. The van der Waals surface area contributed by atoms with Crippen LogP contribution in [0, 0.1) is 0 Å².